The minimum atomic E-state index is -0.180. The van der Waals surface area contributed by atoms with Crippen LogP contribution in [0.1, 0.15) is 70.8 Å². The van der Waals surface area contributed by atoms with Crippen LogP contribution in [0.5, 0.6) is 0 Å². The van der Waals surface area contributed by atoms with Crippen molar-refractivity contribution in [3.8, 4) is 11.1 Å². The molecule has 0 aliphatic carbocycles. The molecule has 1 atom stereocenters. The van der Waals surface area contributed by atoms with Crippen molar-refractivity contribution >= 4 is 0 Å². The lowest BCUT2D eigenvalue weighted by Gasteiger charge is -2.16. The van der Waals surface area contributed by atoms with Gasteiger partial charge in [-0.05, 0) is 47.6 Å². The standard InChI is InChI=1S/C24H33F/c1-3-5-6-9-20(8-4-2)10-7-11-21-12-14-22(15-13-21)23-16-18-24(25)19-17-23/h12-20H,3-11H2,1-2H3. The molecule has 0 nitrogen and oxygen atoms in total. The molecule has 0 spiro atoms. The third-order valence-corrected chi connectivity index (χ3v) is 5.12. The Morgan fingerprint density at radius 1 is 0.680 bits per heavy atom. The van der Waals surface area contributed by atoms with E-state index in [4.69, 9.17) is 0 Å². The van der Waals surface area contributed by atoms with Gasteiger partial charge in [0.2, 0.25) is 0 Å². The van der Waals surface area contributed by atoms with Crippen molar-refractivity contribution in [1.29, 1.82) is 0 Å². The van der Waals surface area contributed by atoms with E-state index < -0.39 is 0 Å². The van der Waals surface area contributed by atoms with Crippen molar-refractivity contribution in [3.63, 3.8) is 0 Å². The van der Waals surface area contributed by atoms with Gasteiger partial charge in [-0.3, -0.25) is 0 Å². The molecule has 0 heterocycles. The van der Waals surface area contributed by atoms with Gasteiger partial charge in [0, 0.05) is 0 Å². The van der Waals surface area contributed by atoms with Gasteiger partial charge in [-0.2, -0.15) is 0 Å². The van der Waals surface area contributed by atoms with E-state index in [1.165, 1.54) is 69.1 Å². The van der Waals surface area contributed by atoms with Crippen LogP contribution in [0.15, 0.2) is 48.5 Å². The highest BCUT2D eigenvalue weighted by atomic mass is 19.1. The van der Waals surface area contributed by atoms with Crippen LogP contribution in [0.25, 0.3) is 11.1 Å². The summed E-state index contributed by atoms with van der Waals surface area (Å²) in [7, 11) is 0. The molecule has 0 aromatic heterocycles. The fourth-order valence-electron chi connectivity index (χ4n) is 3.63. The molecular weight excluding hydrogens is 307 g/mol. The van der Waals surface area contributed by atoms with E-state index in [0.29, 0.717) is 0 Å². The molecule has 0 amide bonds. The first kappa shape index (κ1) is 19.7. The highest BCUT2D eigenvalue weighted by Crippen LogP contribution is 2.24. The molecular formula is C24H33F. The highest BCUT2D eigenvalue weighted by molar-refractivity contribution is 5.63. The van der Waals surface area contributed by atoms with Crippen LogP contribution >= 0.6 is 0 Å². The summed E-state index contributed by atoms with van der Waals surface area (Å²) in [6.07, 6.45) is 12.0. The number of benzene rings is 2. The second-order valence-electron chi connectivity index (χ2n) is 7.25. The molecule has 2 aromatic rings. The zero-order chi connectivity index (χ0) is 17.9. The van der Waals surface area contributed by atoms with Crippen LogP contribution < -0.4 is 0 Å². The molecule has 136 valence electrons. The largest absolute Gasteiger partial charge is 0.207 e. The third kappa shape index (κ3) is 7.02. The lowest BCUT2D eigenvalue weighted by Crippen LogP contribution is -2.01. The van der Waals surface area contributed by atoms with Crippen LogP contribution in [-0.4, -0.2) is 0 Å². The van der Waals surface area contributed by atoms with Gasteiger partial charge in [0.05, 0.1) is 0 Å². The topological polar surface area (TPSA) is 0 Å². The molecule has 0 radical (unpaired) electrons. The molecule has 25 heavy (non-hydrogen) atoms. The summed E-state index contributed by atoms with van der Waals surface area (Å²) in [5.74, 6) is 0.732. The summed E-state index contributed by atoms with van der Waals surface area (Å²) in [5, 5.41) is 0. The Bertz CT molecular complexity index is 582. The van der Waals surface area contributed by atoms with Crippen LogP contribution in [0.3, 0.4) is 0 Å². The maximum absolute atomic E-state index is 13.0. The molecule has 0 saturated carbocycles. The summed E-state index contributed by atoms with van der Waals surface area (Å²) in [5.41, 5.74) is 3.65. The number of aryl methyl sites for hydroxylation is 1. The molecule has 1 heteroatoms. The average molecular weight is 341 g/mol. The van der Waals surface area contributed by atoms with Crippen molar-refractivity contribution in [2.75, 3.05) is 0 Å². The Kier molecular flexibility index (Phi) is 8.72. The van der Waals surface area contributed by atoms with E-state index in [9.17, 15) is 4.39 Å². The van der Waals surface area contributed by atoms with Crippen molar-refractivity contribution < 1.29 is 4.39 Å². The minimum Gasteiger partial charge on any atom is -0.207 e. The average Bonchev–Trinajstić information content (AvgIpc) is 2.63. The SMILES string of the molecule is CCCCCC(CCC)CCCc1ccc(-c2ccc(F)cc2)cc1. The van der Waals surface area contributed by atoms with Crippen molar-refractivity contribution in [1.82, 2.24) is 0 Å². The van der Waals surface area contributed by atoms with E-state index in [2.05, 4.69) is 38.1 Å². The Hall–Kier alpha value is -1.63. The number of hydrogen-bond donors (Lipinski definition) is 0. The van der Waals surface area contributed by atoms with Crippen molar-refractivity contribution in [2.45, 2.75) is 71.6 Å². The van der Waals surface area contributed by atoms with Gasteiger partial charge in [0.1, 0.15) is 5.82 Å². The molecule has 0 aliphatic rings. The Balaban J connectivity index is 1.81. The van der Waals surface area contributed by atoms with Gasteiger partial charge >= 0.3 is 0 Å². The lowest BCUT2D eigenvalue weighted by molar-refractivity contribution is 0.388. The summed E-state index contributed by atoms with van der Waals surface area (Å²) in [6.45, 7) is 4.59. The van der Waals surface area contributed by atoms with Crippen LogP contribution in [-0.2, 0) is 6.42 Å². The first-order valence-electron chi connectivity index (χ1n) is 10.1. The molecule has 0 fully saturated rings. The van der Waals surface area contributed by atoms with E-state index in [0.717, 1.165) is 23.5 Å². The number of rotatable bonds is 11. The molecule has 2 aromatic carbocycles. The van der Waals surface area contributed by atoms with Gasteiger partial charge in [-0.1, -0.05) is 95.2 Å². The fraction of sp³-hybridized carbons (Fsp3) is 0.500. The predicted octanol–water partition coefficient (Wildman–Crippen LogP) is 7.81. The van der Waals surface area contributed by atoms with E-state index >= 15 is 0 Å². The molecule has 1 unspecified atom stereocenters. The number of hydrogen-bond acceptors (Lipinski definition) is 0. The molecule has 0 N–H and O–H groups in total. The predicted molar refractivity (Wildman–Crippen MR) is 107 cm³/mol. The van der Waals surface area contributed by atoms with Gasteiger partial charge in [0.15, 0.2) is 0 Å². The van der Waals surface area contributed by atoms with Gasteiger partial charge in [-0.25, -0.2) is 4.39 Å². The van der Waals surface area contributed by atoms with Gasteiger partial charge < -0.3 is 0 Å². The summed E-state index contributed by atoms with van der Waals surface area (Å²) in [6, 6.07) is 15.5. The van der Waals surface area contributed by atoms with E-state index in [-0.39, 0.29) is 5.82 Å². The molecule has 0 bridgehead atoms. The van der Waals surface area contributed by atoms with Crippen molar-refractivity contribution in [3.05, 3.63) is 59.9 Å². The van der Waals surface area contributed by atoms with E-state index in [1.54, 1.807) is 0 Å². The maximum Gasteiger partial charge on any atom is 0.123 e. The van der Waals surface area contributed by atoms with E-state index in [1.807, 2.05) is 12.1 Å². The van der Waals surface area contributed by atoms with Crippen LogP contribution in [0.4, 0.5) is 4.39 Å². The fourth-order valence-corrected chi connectivity index (χ4v) is 3.63. The maximum atomic E-state index is 13.0. The van der Waals surface area contributed by atoms with Gasteiger partial charge in [-0.15, -0.1) is 0 Å². The minimum absolute atomic E-state index is 0.180. The summed E-state index contributed by atoms with van der Waals surface area (Å²) >= 11 is 0. The second-order valence-corrected chi connectivity index (χ2v) is 7.25. The number of halogens is 1. The second kappa shape index (κ2) is 11.1. The zero-order valence-corrected chi connectivity index (χ0v) is 15.9. The Morgan fingerprint density at radius 2 is 1.28 bits per heavy atom. The Morgan fingerprint density at radius 3 is 1.88 bits per heavy atom. The zero-order valence-electron chi connectivity index (χ0n) is 15.9. The first-order chi connectivity index (χ1) is 12.2. The summed E-state index contributed by atoms with van der Waals surface area (Å²) < 4.78 is 13.0. The molecule has 2 rings (SSSR count). The molecule has 0 aliphatic heterocycles. The van der Waals surface area contributed by atoms with Crippen molar-refractivity contribution in [2.24, 2.45) is 5.92 Å². The number of unbranched alkanes of at least 4 members (excludes halogenated alkanes) is 2. The molecule has 0 saturated heterocycles. The highest BCUT2D eigenvalue weighted by Gasteiger charge is 2.07. The first-order valence-corrected chi connectivity index (χ1v) is 10.1. The monoisotopic (exact) mass is 340 g/mol. The lowest BCUT2D eigenvalue weighted by atomic mass is 9.90. The summed E-state index contributed by atoms with van der Waals surface area (Å²) in [4.78, 5) is 0. The normalized spacial score (nSPS) is 12.3. The van der Waals surface area contributed by atoms with Crippen LogP contribution in [0.2, 0.25) is 0 Å². The van der Waals surface area contributed by atoms with Gasteiger partial charge in [0.25, 0.3) is 0 Å². The third-order valence-electron chi connectivity index (χ3n) is 5.12. The quantitative estimate of drug-likeness (QED) is 0.366. The Labute approximate surface area is 153 Å². The smallest absolute Gasteiger partial charge is 0.123 e. The van der Waals surface area contributed by atoms with Crippen LogP contribution in [0, 0.1) is 11.7 Å².